The fourth-order valence-corrected chi connectivity index (χ4v) is 4.21. The Labute approximate surface area is 136 Å². The van der Waals surface area contributed by atoms with Crippen LogP contribution in [0.2, 0.25) is 0 Å². The molecule has 2 heterocycles. The molecule has 1 aliphatic carbocycles. The SMILES string of the molecule is O=c1c2c3c(sc2ncn1CCOc1ccccc1F)CCC3. The van der Waals surface area contributed by atoms with Crippen LogP contribution in [-0.4, -0.2) is 16.2 Å². The number of fused-ring (bicyclic) bond motifs is 3. The molecule has 23 heavy (non-hydrogen) atoms. The quantitative estimate of drug-likeness (QED) is 0.738. The first-order valence-electron chi connectivity index (χ1n) is 7.61. The van der Waals surface area contributed by atoms with Crippen LogP contribution in [0.5, 0.6) is 5.75 Å². The van der Waals surface area contributed by atoms with Gasteiger partial charge in [-0.2, -0.15) is 0 Å². The van der Waals surface area contributed by atoms with E-state index >= 15 is 0 Å². The first kappa shape index (κ1) is 14.4. The molecule has 0 aliphatic heterocycles. The standard InChI is InChI=1S/C17H15FN2O2S/c18-12-5-1-2-6-13(12)22-9-8-20-10-19-16-15(17(20)21)11-4-3-7-14(11)23-16/h1-2,5-6,10H,3-4,7-9H2. The zero-order valence-corrected chi connectivity index (χ0v) is 13.2. The maximum absolute atomic E-state index is 13.5. The Kier molecular flexibility index (Phi) is 3.61. The fourth-order valence-electron chi connectivity index (χ4n) is 2.99. The maximum atomic E-state index is 13.5. The summed E-state index contributed by atoms with van der Waals surface area (Å²) in [5.41, 5.74) is 1.15. The Bertz CT molecular complexity index is 932. The van der Waals surface area contributed by atoms with E-state index in [4.69, 9.17) is 4.74 Å². The van der Waals surface area contributed by atoms with Gasteiger partial charge in [0.25, 0.3) is 5.56 Å². The summed E-state index contributed by atoms with van der Waals surface area (Å²) in [6.07, 6.45) is 4.68. The molecule has 2 aromatic heterocycles. The van der Waals surface area contributed by atoms with Gasteiger partial charge >= 0.3 is 0 Å². The molecule has 1 aromatic carbocycles. The second kappa shape index (κ2) is 5.77. The largest absolute Gasteiger partial charge is 0.489 e. The van der Waals surface area contributed by atoms with Crippen LogP contribution < -0.4 is 10.3 Å². The van der Waals surface area contributed by atoms with E-state index in [1.807, 2.05) is 0 Å². The third-order valence-corrected chi connectivity index (χ3v) is 5.32. The van der Waals surface area contributed by atoms with Crippen LogP contribution >= 0.6 is 11.3 Å². The average Bonchev–Trinajstić information content (AvgIpc) is 3.12. The molecule has 0 saturated heterocycles. The molecule has 0 saturated carbocycles. The van der Waals surface area contributed by atoms with Crippen molar-refractivity contribution in [2.75, 3.05) is 6.61 Å². The molecule has 0 fully saturated rings. The predicted octanol–water partition coefficient (Wildman–Crippen LogP) is 3.16. The molecule has 0 atom stereocenters. The van der Waals surface area contributed by atoms with Crippen LogP contribution in [0.3, 0.4) is 0 Å². The molecule has 0 unspecified atom stereocenters. The minimum Gasteiger partial charge on any atom is -0.489 e. The van der Waals surface area contributed by atoms with Crippen LogP contribution in [-0.2, 0) is 19.4 Å². The summed E-state index contributed by atoms with van der Waals surface area (Å²) in [7, 11) is 0. The van der Waals surface area contributed by atoms with E-state index < -0.39 is 5.82 Å². The highest BCUT2D eigenvalue weighted by atomic mass is 32.1. The van der Waals surface area contributed by atoms with Gasteiger partial charge in [0.05, 0.1) is 18.3 Å². The summed E-state index contributed by atoms with van der Waals surface area (Å²) in [6, 6.07) is 6.25. The molecule has 4 rings (SSSR count). The van der Waals surface area contributed by atoms with E-state index in [0.29, 0.717) is 6.54 Å². The molecule has 3 aromatic rings. The van der Waals surface area contributed by atoms with Gasteiger partial charge in [0.15, 0.2) is 11.6 Å². The van der Waals surface area contributed by atoms with E-state index in [1.165, 1.54) is 16.5 Å². The fraction of sp³-hybridized carbons (Fsp3) is 0.294. The maximum Gasteiger partial charge on any atom is 0.262 e. The molecule has 6 heteroatoms. The zero-order chi connectivity index (χ0) is 15.8. The molecule has 0 spiro atoms. The number of rotatable bonds is 4. The minimum atomic E-state index is -0.399. The molecule has 1 aliphatic rings. The number of ether oxygens (including phenoxy) is 1. The predicted molar refractivity (Wildman–Crippen MR) is 87.8 cm³/mol. The van der Waals surface area contributed by atoms with Crippen LogP contribution in [0.15, 0.2) is 35.4 Å². The Morgan fingerprint density at radius 2 is 2.17 bits per heavy atom. The van der Waals surface area contributed by atoms with E-state index in [1.54, 1.807) is 40.4 Å². The first-order valence-corrected chi connectivity index (χ1v) is 8.42. The number of hydrogen-bond acceptors (Lipinski definition) is 4. The number of aromatic nitrogens is 2. The Hall–Kier alpha value is -2.21. The number of hydrogen-bond donors (Lipinski definition) is 0. The van der Waals surface area contributed by atoms with Gasteiger partial charge in [-0.1, -0.05) is 12.1 Å². The first-order chi connectivity index (χ1) is 11.2. The number of para-hydroxylation sites is 1. The lowest BCUT2D eigenvalue weighted by Crippen LogP contribution is -2.23. The van der Waals surface area contributed by atoms with Crippen molar-refractivity contribution in [3.63, 3.8) is 0 Å². The van der Waals surface area contributed by atoms with Gasteiger partial charge in [-0.3, -0.25) is 9.36 Å². The Morgan fingerprint density at radius 3 is 3.04 bits per heavy atom. The van der Waals surface area contributed by atoms with Gasteiger partial charge in [0.2, 0.25) is 0 Å². The van der Waals surface area contributed by atoms with Gasteiger partial charge in [-0.05, 0) is 37.0 Å². The average molecular weight is 330 g/mol. The molecule has 118 valence electrons. The zero-order valence-electron chi connectivity index (χ0n) is 12.4. The summed E-state index contributed by atoms with van der Waals surface area (Å²) in [6.45, 7) is 0.571. The number of thiophene rings is 1. The molecule has 0 N–H and O–H groups in total. The van der Waals surface area contributed by atoms with Crippen molar-refractivity contribution in [3.8, 4) is 5.75 Å². The van der Waals surface area contributed by atoms with Gasteiger partial charge in [0, 0.05) is 4.88 Å². The highest BCUT2D eigenvalue weighted by Gasteiger charge is 2.21. The van der Waals surface area contributed by atoms with Crippen molar-refractivity contribution in [2.45, 2.75) is 25.8 Å². The molecule has 0 radical (unpaired) electrons. The summed E-state index contributed by atoms with van der Waals surface area (Å²) in [5, 5.41) is 0.760. The number of benzene rings is 1. The van der Waals surface area contributed by atoms with E-state index in [2.05, 4.69) is 4.98 Å². The molecular weight excluding hydrogens is 315 g/mol. The Balaban J connectivity index is 1.57. The molecular formula is C17H15FN2O2S. The molecule has 4 nitrogen and oxygen atoms in total. The topological polar surface area (TPSA) is 44.1 Å². The normalized spacial score (nSPS) is 13.4. The molecule has 0 bridgehead atoms. The van der Waals surface area contributed by atoms with Crippen LogP contribution in [0, 0.1) is 5.82 Å². The van der Waals surface area contributed by atoms with Crippen molar-refractivity contribution in [3.05, 3.63) is 57.2 Å². The van der Waals surface area contributed by atoms with E-state index in [9.17, 15) is 9.18 Å². The highest BCUT2D eigenvalue weighted by Crippen LogP contribution is 2.34. The summed E-state index contributed by atoms with van der Waals surface area (Å²) in [4.78, 5) is 19.2. The lowest BCUT2D eigenvalue weighted by Gasteiger charge is -2.08. The molecule has 0 amide bonds. The number of nitrogens with zero attached hydrogens (tertiary/aromatic N) is 2. The summed E-state index contributed by atoms with van der Waals surface area (Å²) >= 11 is 1.63. The number of halogens is 1. The van der Waals surface area contributed by atoms with Crippen LogP contribution in [0.4, 0.5) is 4.39 Å². The smallest absolute Gasteiger partial charge is 0.262 e. The number of aryl methyl sites for hydroxylation is 2. The highest BCUT2D eigenvalue weighted by molar-refractivity contribution is 7.18. The van der Waals surface area contributed by atoms with Crippen LogP contribution in [0.25, 0.3) is 10.2 Å². The van der Waals surface area contributed by atoms with Crippen molar-refractivity contribution in [2.24, 2.45) is 0 Å². The van der Waals surface area contributed by atoms with Crippen molar-refractivity contribution >= 4 is 21.6 Å². The van der Waals surface area contributed by atoms with Crippen molar-refractivity contribution in [1.82, 2.24) is 9.55 Å². The van der Waals surface area contributed by atoms with Crippen molar-refractivity contribution < 1.29 is 9.13 Å². The van der Waals surface area contributed by atoms with E-state index in [0.717, 1.165) is 29.5 Å². The van der Waals surface area contributed by atoms with Gasteiger partial charge < -0.3 is 4.74 Å². The van der Waals surface area contributed by atoms with Gasteiger partial charge in [0.1, 0.15) is 11.4 Å². The lowest BCUT2D eigenvalue weighted by molar-refractivity contribution is 0.282. The second-order valence-electron chi connectivity index (χ2n) is 5.56. The third kappa shape index (κ3) is 2.53. The third-order valence-electron chi connectivity index (χ3n) is 4.12. The summed E-state index contributed by atoms with van der Waals surface area (Å²) in [5.74, 6) is -0.199. The Morgan fingerprint density at radius 1 is 1.30 bits per heavy atom. The second-order valence-corrected chi connectivity index (χ2v) is 6.64. The summed E-state index contributed by atoms with van der Waals surface area (Å²) < 4.78 is 20.5. The van der Waals surface area contributed by atoms with E-state index in [-0.39, 0.29) is 17.9 Å². The van der Waals surface area contributed by atoms with Gasteiger partial charge in [-0.25, -0.2) is 9.37 Å². The minimum absolute atomic E-state index is 0.0217. The van der Waals surface area contributed by atoms with Crippen LogP contribution in [0.1, 0.15) is 16.9 Å². The van der Waals surface area contributed by atoms with Crippen molar-refractivity contribution in [1.29, 1.82) is 0 Å². The monoisotopic (exact) mass is 330 g/mol. The van der Waals surface area contributed by atoms with Gasteiger partial charge in [-0.15, -0.1) is 11.3 Å². The lowest BCUT2D eigenvalue weighted by atomic mass is 10.2.